The van der Waals surface area contributed by atoms with Gasteiger partial charge in [-0.3, -0.25) is 4.79 Å². The van der Waals surface area contributed by atoms with E-state index < -0.39 is 0 Å². The second-order valence-electron chi connectivity index (χ2n) is 5.10. The molecule has 1 atom stereocenters. The normalized spacial score (nSPS) is 18.6. The topological polar surface area (TPSA) is 50.4 Å². The van der Waals surface area contributed by atoms with Gasteiger partial charge in [0.1, 0.15) is 5.75 Å². The Balaban J connectivity index is 1.60. The SMILES string of the molecule is O=C(COc1cccc(Cl)c1)NCCC1CCCNC1. The summed E-state index contributed by atoms with van der Waals surface area (Å²) in [6.07, 6.45) is 3.51. The van der Waals surface area contributed by atoms with Crippen molar-refractivity contribution in [3.05, 3.63) is 29.3 Å². The number of carbonyl (C=O) groups is 1. The first-order valence-electron chi connectivity index (χ1n) is 7.10. The van der Waals surface area contributed by atoms with E-state index in [-0.39, 0.29) is 12.5 Å². The first-order valence-corrected chi connectivity index (χ1v) is 7.47. The van der Waals surface area contributed by atoms with Crippen molar-refractivity contribution in [1.29, 1.82) is 0 Å². The third kappa shape index (κ3) is 5.39. The van der Waals surface area contributed by atoms with Gasteiger partial charge < -0.3 is 15.4 Å². The molecule has 1 heterocycles. The van der Waals surface area contributed by atoms with Gasteiger partial charge in [-0.15, -0.1) is 0 Å². The van der Waals surface area contributed by atoms with Gasteiger partial charge in [0.25, 0.3) is 5.91 Å². The van der Waals surface area contributed by atoms with Crippen LogP contribution in [0.1, 0.15) is 19.3 Å². The molecule has 0 aromatic heterocycles. The molecule has 1 aromatic carbocycles. The summed E-state index contributed by atoms with van der Waals surface area (Å²) in [7, 11) is 0. The van der Waals surface area contributed by atoms with Gasteiger partial charge >= 0.3 is 0 Å². The molecule has 110 valence electrons. The number of ether oxygens (including phenoxy) is 1. The molecule has 20 heavy (non-hydrogen) atoms. The summed E-state index contributed by atoms with van der Waals surface area (Å²) < 4.78 is 5.38. The molecule has 1 saturated heterocycles. The van der Waals surface area contributed by atoms with Gasteiger partial charge in [-0.1, -0.05) is 17.7 Å². The quantitative estimate of drug-likeness (QED) is 0.846. The van der Waals surface area contributed by atoms with E-state index in [0.29, 0.717) is 23.2 Å². The minimum Gasteiger partial charge on any atom is -0.484 e. The minimum absolute atomic E-state index is 0.0310. The molecule has 0 radical (unpaired) electrons. The summed E-state index contributed by atoms with van der Waals surface area (Å²) in [5, 5.41) is 6.87. The summed E-state index contributed by atoms with van der Waals surface area (Å²) in [6, 6.07) is 7.05. The van der Waals surface area contributed by atoms with Crippen LogP contribution in [0.2, 0.25) is 5.02 Å². The van der Waals surface area contributed by atoms with Crippen LogP contribution in [0.5, 0.6) is 5.75 Å². The van der Waals surface area contributed by atoms with Gasteiger partial charge in [0.15, 0.2) is 6.61 Å². The highest BCUT2D eigenvalue weighted by Gasteiger charge is 2.12. The Morgan fingerprint density at radius 1 is 1.50 bits per heavy atom. The Morgan fingerprint density at radius 2 is 2.40 bits per heavy atom. The molecule has 1 aliphatic rings. The second-order valence-corrected chi connectivity index (χ2v) is 5.53. The molecule has 4 nitrogen and oxygen atoms in total. The van der Waals surface area contributed by atoms with Gasteiger partial charge in [-0.05, 0) is 56.5 Å². The Kier molecular flexibility index (Phi) is 6.15. The molecule has 0 spiro atoms. The van der Waals surface area contributed by atoms with Crippen molar-refractivity contribution in [2.45, 2.75) is 19.3 Å². The number of hydrogen-bond acceptors (Lipinski definition) is 3. The van der Waals surface area contributed by atoms with Crippen LogP contribution in [-0.4, -0.2) is 32.1 Å². The summed E-state index contributed by atoms with van der Waals surface area (Å²) in [6.45, 7) is 2.93. The fourth-order valence-electron chi connectivity index (χ4n) is 2.34. The average molecular weight is 297 g/mol. The Morgan fingerprint density at radius 3 is 3.15 bits per heavy atom. The van der Waals surface area contributed by atoms with E-state index in [0.717, 1.165) is 19.5 Å². The predicted octanol–water partition coefficient (Wildman–Crippen LogP) is 2.22. The number of hydrogen-bond donors (Lipinski definition) is 2. The molecule has 2 rings (SSSR count). The van der Waals surface area contributed by atoms with Gasteiger partial charge in [-0.2, -0.15) is 0 Å². The van der Waals surface area contributed by atoms with Crippen molar-refractivity contribution in [3.8, 4) is 5.75 Å². The third-order valence-electron chi connectivity index (χ3n) is 3.44. The first-order chi connectivity index (χ1) is 9.74. The number of halogens is 1. The maximum Gasteiger partial charge on any atom is 0.257 e. The summed E-state index contributed by atoms with van der Waals surface area (Å²) in [5.41, 5.74) is 0. The van der Waals surface area contributed by atoms with Crippen molar-refractivity contribution in [2.24, 2.45) is 5.92 Å². The molecule has 2 N–H and O–H groups in total. The number of rotatable bonds is 6. The largest absolute Gasteiger partial charge is 0.484 e. The molecule has 0 saturated carbocycles. The van der Waals surface area contributed by atoms with Crippen LogP contribution in [0.25, 0.3) is 0 Å². The third-order valence-corrected chi connectivity index (χ3v) is 3.67. The van der Waals surface area contributed by atoms with Gasteiger partial charge in [-0.25, -0.2) is 0 Å². The fourth-order valence-corrected chi connectivity index (χ4v) is 2.52. The monoisotopic (exact) mass is 296 g/mol. The molecule has 1 amide bonds. The number of carbonyl (C=O) groups excluding carboxylic acids is 1. The molecule has 0 bridgehead atoms. The molecule has 1 aromatic rings. The molecular weight excluding hydrogens is 276 g/mol. The zero-order valence-corrected chi connectivity index (χ0v) is 12.3. The molecule has 5 heteroatoms. The summed E-state index contributed by atoms with van der Waals surface area (Å²) >= 11 is 5.84. The van der Waals surface area contributed by atoms with Gasteiger partial charge in [0.05, 0.1) is 0 Å². The van der Waals surface area contributed by atoms with Crippen molar-refractivity contribution in [1.82, 2.24) is 10.6 Å². The molecular formula is C15H21ClN2O2. The van der Waals surface area contributed by atoms with E-state index in [9.17, 15) is 4.79 Å². The zero-order valence-electron chi connectivity index (χ0n) is 11.5. The van der Waals surface area contributed by atoms with Crippen molar-refractivity contribution in [3.63, 3.8) is 0 Å². The maximum absolute atomic E-state index is 11.7. The van der Waals surface area contributed by atoms with Gasteiger partial charge in [0, 0.05) is 11.6 Å². The lowest BCUT2D eigenvalue weighted by molar-refractivity contribution is -0.123. The lowest BCUT2D eigenvalue weighted by Crippen LogP contribution is -2.34. The lowest BCUT2D eigenvalue weighted by atomic mass is 9.96. The Bertz CT molecular complexity index is 434. The van der Waals surface area contributed by atoms with Crippen LogP contribution < -0.4 is 15.4 Å². The fraction of sp³-hybridized carbons (Fsp3) is 0.533. The van der Waals surface area contributed by atoms with E-state index in [1.54, 1.807) is 24.3 Å². The second kappa shape index (κ2) is 8.12. The number of nitrogens with one attached hydrogen (secondary N) is 2. The highest BCUT2D eigenvalue weighted by atomic mass is 35.5. The van der Waals surface area contributed by atoms with Crippen LogP contribution in [-0.2, 0) is 4.79 Å². The first kappa shape index (κ1) is 15.1. The maximum atomic E-state index is 11.7. The van der Waals surface area contributed by atoms with E-state index in [4.69, 9.17) is 16.3 Å². The van der Waals surface area contributed by atoms with Gasteiger partial charge in [0.2, 0.25) is 0 Å². The highest BCUT2D eigenvalue weighted by molar-refractivity contribution is 6.30. The van der Waals surface area contributed by atoms with Crippen LogP contribution in [0.3, 0.4) is 0 Å². The van der Waals surface area contributed by atoms with E-state index in [2.05, 4.69) is 10.6 Å². The minimum atomic E-state index is -0.0891. The Labute approximate surface area is 124 Å². The molecule has 1 fully saturated rings. The Hall–Kier alpha value is -1.26. The number of amides is 1. The smallest absolute Gasteiger partial charge is 0.257 e. The highest BCUT2D eigenvalue weighted by Crippen LogP contribution is 2.17. The average Bonchev–Trinajstić information content (AvgIpc) is 2.46. The van der Waals surface area contributed by atoms with Crippen LogP contribution >= 0.6 is 11.6 Å². The van der Waals surface area contributed by atoms with Crippen molar-refractivity contribution < 1.29 is 9.53 Å². The van der Waals surface area contributed by atoms with Crippen molar-refractivity contribution >= 4 is 17.5 Å². The van der Waals surface area contributed by atoms with E-state index in [1.165, 1.54) is 12.8 Å². The number of benzene rings is 1. The predicted molar refractivity (Wildman–Crippen MR) is 80.2 cm³/mol. The van der Waals surface area contributed by atoms with Crippen molar-refractivity contribution in [2.75, 3.05) is 26.2 Å². The summed E-state index contributed by atoms with van der Waals surface area (Å²) in [5.74, 6) is 1.20. The lowest BCUT2D eigenvalue weighted by Gasteiger charge is -2.22. The van der Waals surface area contributed by atoms with Crippen LogP contribution in [0.15, 0.2) is 24.3 Å². The molecule has 1 aliphatic heterocycles. The number of piperidine rings is 1. The summed E-state index contributed by atoms with van der Waals surface area (Å²) in [4.78, 5) is 11.7. The van der Waals surface area contributed by atoms with Crippen LogP contribution in [0.4, 0.5) is 0 Å². The van der Waals surface area contributed by atoms with Crippen LogP contribution in [0, 0.1) is 5.92 Å². The molecule has 1 unspecified atom stereocenters. The standard InChI is InChI=1S/C15H21ClN2O2/c16-13-4-1-5-14(9-13)20-11-15(19)18-8-6-12-3-2-7-17-10-12/h1,4-5,9,12,17H,2-3,6-8,10-11H2,(H,18,19). The molecule has 0 aliphatic carbocycles. The van der Waals surface area contributed by atoms with E-state index in [1.807, 2.05) is 0 Å². The van der Waals surface area contributed by atoms with E-state index >= 15 is 0 Å². The zero-order chi connectivity index (χ0) is 14.2.